The van der Waals surface area contributed by atoms with Crippen molar-refractivity contribution in [2.75, 3.05) is 23.7 Å². The Bertz CT molecular complexity index is 1400. The summed E-state index contributed by atoms with van der Waals surface area (Å²) in [5.41, 5.74) is 5.01. The smallest absolute Gasteiger partial charge is 0.407 e. The number of aromatic nitrogens is 3. The molecular weight excluding hydrogens is 448 g/mol. The van der Waals surface area contributed by atoms with E-state index in [9.17, 15) is 14.7 Å². The molecule has 10 heteroatoms. The first-order valence-corrected chi connectivity index (χ1v) is 11.2. The van der Waals surface area contributed by atoms with Crippen LogP contribution >= 0.6 is 0 Å². The van der Waals surface area contributed by atoms with E-state index in [2.05, 4.69) is 25.6 Å². The van der Waals surface area contributed by atoms with Crippen LogP contribution in [-0.4, -0.2) is 50.2 Å². The van der Waals surface area contributed by atoms with E-state index in [0.717, 1.165) is 27.9 Å². The Morgan fingerprint density at radius 3 is 2.63 bits per heavy atom. The summed E-state index contributed by atoms with van der Waals surface area (Å²) in [6.45, 7) is 2.76. The van der Waals surface area contributed by atoms with Crippen molar-refractivity contribution in [3.63, 3.8) is 0 Å². The first kappa shape index (κ1) is 22.2. The summed E-state index contributed by atoms with van der Waals surface area (Å²) in [4.78, 5) is 37.1. The zero-order chi connectivity index (χ0) is 24.4. The van der Waals surface area contributed by atoms with E-state index in [1.54, 1.807) is 24.4 Å². The van der Waals surface area contributed by atoms with Crippen LogP contribution in [0.25, 0.3) is 10.9 Å². The number of H-pyrrole nitrogens is 1. The number of nitrogens with zero attached hydrogens (tertiary/aromatic N) is 3. The highest BCUT2D eigenvalue weighted by molar-refractivity contribution is 6.01. The van der Waals surface area contributed by atoms with Gasteiger partial charge in [0.1, 0.15) is 0 Å². The largest absolute Gasteiger partial charge is 0.465 e. The molecule has 0 spiro atoms. The Balaban J connectivity index is 1.24. The number of amides is 3. The van der Waals surface area contributed by atoms with Gasteiger partial charge in [0, 0.05) is 54.1 Å². The number of anilines is 2. The average molecular weight is 473 g/mol. The quantitative estimate of drug-likeness (QED) is 0.338. The highest BCUT2D eigenvalue weighted by Crippen LogP contribution is 2.29. The minimum atomic E-state index is -0.903. The van der Waals surface area contributed by atoms with Gasteiger partial charge < -0.3 is 30.4 Å². The molecule has 0 aliphatic carbocycles. The van der Waals surface area contributed by atoms with Crippen LogP contribution in [-0.2, 0) is 12.8 Å². The van der Waals surface area contributed by atoms with Gasteiger partial charge in [-0.3, -0.25) is 4.98 Å². The minimum absolute atomic E-state index is 0.395. The number of hydrogen-bond acceptors (Lipinski definition) is 5. The lowest BCUT2D eigenvalue weighted by Gasteiger charge is -2.15. The summed E-state index contributed by atoms with van der Waals surface area (Å²) >= 11 is 0. The number of fused-ring (bicyclic) bond motifs is 3. The molecule has 4 N–H and O–H groups in total. The van der Waals surface area contributed by atoms with Gasteiger partial charge in [-0.1, -0.05) is 0 Å². The van der Waals surface area contributed by atoms with Gasteiger partial charge in [0.15, 0.2) is 5.75 Å². The van der Waals surface area contributed by atoms with Crippen molar-refractivity contribution in [2.45, 2.75) is 19.8 Å². The zero-order valence-electron chi connectivity index (χ0n) is 19.0. The number of carboxylic acid groups (broad SMARTS) is 1. The van der Waals surface area contributed by atoms with Gasteiger partial charge in [0.25, 0.3) is 0 Å². The maximum Gasteiger partial charge on any atom is 0.407 e. The molecule has 0 radical (unpaired) electrons. The second kappa shape index (κ2) is 9.34. The van der Waals surface area contributed by atoms with Crippen molar-refractivity contribution in [1.29, 1.82) is 0 Å². The van der Waals surface area contributed by atoms with E-state index < -0.39 is 12.1 Å². The number of aromatic amines is 1. The third-order valence-corrected chi connectivity index (χ3v) is 5.95. The average Bonchev–Trinajstić information content (AvgIpc) is 3.03. The number of carbonyl (C=O) groups excluding carboxylic acids is 1. The van der Waals surface area contributed by atoms with E-state index in [4.69, 9.17) is 4.74 Å². The van der Waals surface area contributed by atoms with Gasteiger partial charge in [0.2, 0.25) is 5.88 Å². The highest BCUT2D eigenvalue weighted by atomic mass is 16.5. The number of ether oxygens (including phenoxy) is 1. The van der Waals surface area contributed by atoms with Gasteiger partial charge >= 0.3 is 12.1 Å². The fraction of sp³-hybridized carbons (Fsp3) is 0.200. The predicted molar refractivity (Wildman–Crippen MR) is 131 cm³/mol. The molecule has 35 heavy (non-hydrogen) atoms. The fourth-order valence-corrected chi connectivity index (χ4v) is 4.17. The maximum absolute atomic E-state index is 12.6. The van der Waals surface area contributed by atoms with Crippen LogP contribution in [0.2, 0.25) is 0 Å². The van der Waals surface area contributed by atoms with Crippen molar-refractivity contribution in [2.24, 2.45) is 0 Å². The molecule has 10 nitrogen and oxygen atoms in total. The van der Waals surface area contributed by atoms with E-state index >= 15 is 0 Å². The minimum Gasteiger partial charge on any atom is -0.465 e. The summed E-state index contributed by atoms with van der Waals surface area (Å²) in [5.74, 6) is 1.01. The van der Waals surface area contributed by atoms with Crippen LogP contribution in [0.15, 0.2) is 54.9 Å². The second-order valence-electron chi connectivity index (χ2n) is 8.27. The number of hydrogen-bond donors (Lipinski definition) is 4. The van der Waals surface area contributed by atoms with Crippen LogP contribution in [0.4, 0.5) is 21.0 Å². The second-order valence-corrected chi connectivity index (χ2v) is 8.27. The maximum atomic E-state index is 12.6. The highest BCUT2D eigenvalue weighted by Gasteiger charge is 2.21. The Morgan fingerprint density at radius 2 is 1.86 bits per heavy atom. The molecule has 1 aliphatic heterocycles. The standard InChI is InChI=1S/C25H24N6O4/c1-15-22(3-2-10-26-15)35-23-7-5-17(14-27-23)29-24(32)28-16-4-6-20-19(13-16)18-8-11-31(25(33)34)12-9-21(18)30-20/h2-7,10,13-14,30H,8-9,11-12H2,1H3,(H,33,34)(H2,28,29,32). The third-order valence-electron chi connectivity index (χ3n) is 5.95. The summed E-state index contributed by atoms with van der Waals surface area (Å²) in [5, 5.41) is 15.9. The zero-order valence-corrected chi connectivity index (χ0v) is 19.0. The number of carbonyl (C=O) groups is 2. The number of rotatable bonds is 4. The van der Waals surface area contributed by atoms with Crippen molar-refractivity contribution in [3.8, 4) is 11.6 Å². The number of aryl methyl sites for hydroxylation is 1. The lowest BCUT2D eigenvalue weighted by atomic mass is 10.1. The molecule has 0 atom stereocenters. The van der Waals surface area contributed by atoms with Crippen LogP contribution in [0, 0.1) is 6.92 Å². The molecule has 0 bridgehead atoms. The fourth-order valence-electron chi connectivity index (χ4n) is 4.17. The summed E-state index contributed by atoms with van der Waals surface area (Å²) in [6, 6.07) is 12.2. The predicted octanol–water partition coefficient (Wildman–Crippen LogP) is 4.78. The van der Waals surface area contributed by atoms with Crippen molar-refractivity contribution < 1.29 is 19.4 Å². The molecule has 3 amide bonds. The molecule has 1 aromatic carbocycles. The first-order valence-electron chi connectivity index (χ1n) is 11.2. The van der Waals surface area contributed by atoms with Gasteiger partial charge in [0.05, 0.1) is 17.6 Å². The van der Waals surface area contributed by atoms with E-state index in [-0.39, 0.29) is 0 Å². The van der Waals surface area contributed by atoms with Gasteiger partial charge in [-0.05, 0) is 55.3 Å². The molecule has 0 saturated carbocycles. The summed E-state index contributed by atoms with van der Waals surface area (Å²) in [6.07, 6.45) is 3.56. The Hall–Kier alpha value is -4.60. The SMILES string of the molecule is Cc1ncccc1Oc1ccc(NC(=O)Nc2ccc3[nH]c4c(c3c2)CCN(C(=O)O)CC4)cn1. The molecule has 0 unspecified atom stereocenters. The van der Waals surface area contributed by atoms with Crippen LogP contribution in [0.1, 0.15) is 17.0 Å². The molecule has 0 fully saturated rings. The Morgan fingerprint density at radius 1 is 1.06 bits per heavy atom. The van der Waals surface area contributed by atoms with Crippen LogP contribution < -0.4 is 15.4 Å². The molecule has 0 saturated heterocycles. The summed E-state index contributed by atoms with van der Waals surface area (Å²) in [7, 11) is 0. The monoisotopic (exact) mass is 472 g/mol. The lowest BCUT2D eigenvalue weighted by Crippen LogP contribution is -2.31. The molecule has 178 valence electrons. The molecular formula is C25H24N6O4. The van der Waals surface area contributed by atoms with E-state index in [1.165, 1.54) is 11.1 Å². The van der Waals surface area contributed by atoms with Crippen LogP contribution in [0.3, 0.4) is 0 Å². The number of pyridine rings is 2. The lowest BCUT2D eigenvalue weighted by molar-refractivity contribution is 0.147. The number of benzene rings is 1. The van der Waals surface area contributed by atoms with Crippen molar-refractivity contribution >= 4 is 34.4 Å². The van der Waals surface area contributed by atoms with Crippen LogP contribution in [0.5, 0.6) is 11.6 Å². The van der Waals surface area contributed by atoms with Gasteiger partial charge in [-0.25, -0.2) is 14.6 Å². The summed E-state index contributed by atoms with van der Waals surface area (Å²) < 4.78 is 5.73. The Labute approximate surface area is 201 Å². The van der Waals surface area contributed by atoms with Crippen molar-refractivity contribution in [1.82, 2.24) is 19.9 Å². The van der Waals surface area contributed by atoms with Crippen molar-refractivity contribution in [3.05, 3.63) is 71.8 Å². The number of urea groups is 1. The van der Waals surface area contributed by atoms with Gasteiger partial charge in [-0.15, -0.1) is 0 Å². The van der Waals surface area contributed by atoms with E-state index in [0.29, 0.717) is 48.9 Å². The van der Waals surface area contributed by atoms with Gasteiger partial charge in [-0.2, -0.15) is 0 Å². The number of nitrogens with one attached hydrogen (secondary N) is 3. The first-order chi connectivity index (χ1) is 17.0. The molecule has 3 aromatic heterocycles. The molecule has 5 rings (SSSR count). The third kappa shape index (κ3) is 4.86. The molecule has 4 aromatic rings. The van der Waals surface area contributed by atoms with E-state index in [1.807, 2.05) is 31.2 Å². The molecule has 4 heterocycles. The Kier molecular flexibility index (Phi) is 5.92. The topological polar surface area (TPSA) is 132 Å². The molecule has 1 aliphatic rings. The normalized spacial score (nSPS) is 13.1.